The molecule has 0 radical (unpaired) electrons. The maximum absolute atomic E-state index is 12.9. The summed E-state index contributed by atoms with van der Waals surface area (Å²) in [6, 6.07) is 19.6. The minimum absolute atomic E-state index is 0.00308. The summed E-state index contributed by atoms with van der Waals surface area (Å²) in [7, 11) is 0. The molecule has 4 heterocycles. The molecule has 2 saturated heterocycles. The highest BCUT2D eigenvalue weighted by atomic mass is 16.5. The van der Waals surface area contributed by atoms with E-state index in [1.807, 2.05) is 76.4 Å². The molecule has 1 amide bonds. The van der Waals surface area contributed by atoms with Crippen molar-refractivity contribution in [2.45, 2.75) is 25.2 Å². The average Bonchev–Trinajstić information content (AvgIpc) is 3.26. The molecule has 9 nitrogen and oxygen atoms in total. The van der Waals surface area contributed by atoms with Crippen molar-refractivity contribution in [1.29, 1.82) is 0 Å². The SMILES string of the molecule is O=C(COc1ccccc1)N1CCCN(c2nc(C3CCOCC3)nc3c2cnn3-c2ccccc2)CC1. The third-order valence-electron chi connectivity index (χ3n) is 7.27. The van der Waals surface area contributed by atoms with Gasteiger partial charge in [-0.15, -0.1) is 0 Å². The van der Waals surface area contributed by atoms with E-state index in [0.717, 1.165) is 67.4 Å². The van der Waals surface area contributed by atoms with Gasteiger partial charge in [0.15, 0.2) is 12.3 Å². The van der Waals surface area contributed by atoms with Crippen molar-refractivity contribution in [3.8, 4) is 11.4 Å². The Hall–Kier alpha value is -3.98. The van der Waals surface area contributed by atoms with E-state index in [4.69, 9.17) is 24.5 Å². The van der Waals surface area contributed by atoms with Crippen LogP contribution in [0.1, 0.15) is 31.0 Å². The molecule has 0 aliphatic carbocycles. The Balaban J connectivity index is 1.26. The van der Waals surface area contributed by atoms with Crippen molar-refractivity contribution in [3.05, 3.63) is 72.7 Å². The molecule has 2 aromatic carbocycles. The molecule has 9 heteroatoms. The molecule has 4 aromatic rings. The molecule has 2 fully saturated rings. The smallest absolute Gasteiger partial charge is 0.260 e. The second-order valence-corrected chi connectivity index (χ2v) is 9.74. The first-order chi connectivity index (χ1) is 18.8. The minimum Gasteiger partial charge on any atom is -0.484 e. The number of para-hydroxylation sites is 2. The predicted octanol–water partition coefficient (Wildman–Crippen LogP) is 3.83. The first-order valence-corrected chi connectivity index (χ1v) is 13.4. The fourth-order valence-electron chi connectivity index (χ4n) is 5.18. The number of nitrogens with zero attached hydrogens (tertiary/aromatic N) is 6. The van der Waals surface area contributed by atoms with Crippen molar-refractivity contribution >= 4 is 22.8 Å². The topological polar surface area (TPSA) is 85.6 Å². The highest BCUT2D eigenvalue weighted by molar-refractivity contribution is 5.88. The van der Waals surface area contributed by atoms with Crippen LogP contribution in [0.25, 0.3) is 16.7 Å². The Morgan fingerprint density at radius 3 is 2.47 bits per heavy atom. The molecule has 0 N–H and O–H groups in total. The normalized spacial score (nSPS) is 16.9. The first kappa shape index (κ1) is 24.4. The number of hydrogen-bond acceptors (Lipinski definition) is 7. The molecule has 196 valence electrons. The number of carbonyl (C=O) groups is 1. The fourth-order valence-corrected chi connectivity index (χ4v) is 5.18. The summed E-state index contributed by atoms with van der Waals surface area (Å²) in [6.45, 7) is 4.29. The molecule has 0 bridgehead atoms. The third kappa shape index (κ3) is 5.19. The number of anilines is 1. The van der Waals surface area contributed by atoms with Gasteiger partial charge in [-0.2, -0.15) is 5.10 Å². The standard InChI is InChI=1S/C29H32N6O3/c36-26(21-38-24-10-5-2-6-11-24)33-14-7-15-34(17-16-33)28-25-20-30-35(23-8-3-1-4-9-23)29(25)32-27(31-28)22-12-18-37-19-13-22/h1-6,8-11,20,22H,7,12-19,21H2. The van der Waals surface area contributed by atoms with Gasteiger partial charge in [0.1, 0.15) is 17.4 Å². The molecule has 0 saturated carbocycles. The van der Waals surface area contributed by atoms with Crippen LogP contribution in [0.3, 0.4) is 0 Å². The number of hydrogen-bond donors (Lipinski definition) is 0. The molecular weight excluding hydrogens is 480 g/mol. The number of ether oxygens (including phenoxy) is 2. The maximum Gasteiger partial charge on any atom is 0.260 e. The zero-order valence-corrected chi connectivity index (χ0v) is 21.4. The van der Waals surface area contributed by atoms with Crippen LogP contribution in [0.2, 0.25) is 0 Å². The van der Waals surface area contributed by atoms with Crippen LogP contribution in [0.15, 0.2) is 66.9 Å². The molecule has 0 spiro atoms. The highest BCUT2D eigenvalue weighted by Crippen LogP contribution is 2.31. The molecule has 6 rings (SSSR count). The van der Waals surface area contributed by atoms with E-state index in [2.05, 4.69) is 4.90 Å². The van der Waals surface area contributed by atoms with Crippen LogP contribution in [0.4, 0.5) is 5.82 Å². The highest BCUT2D eigenvalue weighted by Gasteiger charge is 2.26. The maximum atomic E-state index is 12.9. The van der Waals surface area contributed by atoms with E-state index in [1.54, 1.807) is 0 Å². The number of amides is 1. The Kier molecular flexibility index (Phi) is 7.17. The zero-order valence-electron chi connectivity index (χ0n) is 21.4. The van der Waals surface area contributed by atoms with Crippen molar-refractivity contribution < 1.29 is 14.3 Å². The summed E-state index contributed by atoms with van der Waals surface area (Å²) in [5, 5.41) is 5.64. The van der Waals surface area contributed by atoms with Crippen LogP contribution in [0.5, 0.6) is 5.75 Å². The Morgan fingerprint density at radius 1 is 0.921 bits per heavy atom. The average molecular weight is 513 g/mol. The lowest BCUT2D eigenvalue weighted by molar-refractivity contribution is -0.133. The van der Waals surface area contributed by atoms with Crippen molar-refractivity contribution in [1.82, 2.24) is 24.6 Å². The lowest BCUT2D eigenvalue weighted by Gasteiger charge is -2.26. The Bertz CT molecular complexity index is 1370. The van der Waals surface area contributed by atoms with Crippen molar-refractivity contribution in [2.24, 2.45) is 0 Å². The van der Waals surface area contributed by atoms with Crippen molar-refractivity contribution in [2.75, 3.05) is 50.9 Å². The van der Waals surface area contributed by atoms with Gasteiger partial charge in [0.25, 0.3) is 5.91 Å². The Morgan fingerprint density at radius 2 is 1.68 bits per heavy atom. The van der Waals surface area contributed by atoms with Gasteiger partial charge in [-0.25, -0.2) is 14.6 Å². The lowest BCUT2D eigenvalue weighted by atomic mass is 9.99. The van der Waals surface area contributed by atoms with E-state index in [1.165, 1.54) is 0 Å². The summed E-state index contributed by atoms with van der Waals surface area (Å²) < 4.78 is 13.2. The minimum atomic E-state index is 0.00308. The van der Waals surface area contributed by atoms with Crippen LogP contribution < -0.4 is 9.64 Å². The van der Waals surface area contributed by atoms with Gasteiger partial charge >= 0.3 is 0 Å². The van der Waals surface area contributed by atoms with Gasteiger partial charge in [-0.3, -0.25) is 4.79 Å². The van der Waals surface area contributed by atoms with Gasteiger partial charge in [0, 0.05) is 45.3 Å². The van der Waals surface area contributed by atoms with Gasteiger partial charge in [-0.05, 0) is 43.5 Å². The van der Waals surface area contributed by atoms with Crippen LogP contribution in [-0.4, -0.2) is 76.6 Å². The summed E-state index contributed by atoms with van der Waals surface area (Å²) in [6.07, 6.45) is 4.54. The largest absolute Gasteiger partial charge is 0.484 e. The van der Waals surface area contributed by atoms with Crippen molar-refractivity contribution in [3.63, 3.8) is 0 Å². The predicted molar refractivity (Wildman–Crippen MR) is 145 cm³/mol. The fraction of sp³-hybridized carbons (Fsp3) is 0.379. The van der Waals surface area contributed by atoms with Gasteiger partial charge < -0.3 is 19.3 Å². The van der Waals surface area contributed by atoms with Gasteiger partial charge in [-0.1, -0.05) is 36.4 Å². The second-order valence-electron chi connectivity index (χ2n) is 9.74. The lowest BCUT2D eigenvalue weighted by Crippen LogP contribution is -2.38. The zero-order chi connectivity index (χ0) is 25.7. The van der Waals surface area contributed by atoms with Crippen LogP contribution in [0, 0.1) is 0 Å². The molecular formula is C29H32N6O3. The second kappa shape index (κ2) is 11.2. The third-order valence-corrected chi connectivity index (χ3v) is 7.27. The number of carbonyl (C=O) groups excluding carboxylic acids is 1. The molecule has 2 aliphatic rings. The summed E-state index contributed by atoms with van der Waals surface area (Å²) in [5.74, 6) is 2.71. The molecule has 2 aliphatic heterocycles. The number of benzene rings is 2. The van der Waals surface area contributed by atoms with E-state index in [9.17, 15) is 4.79 Å². The number of aromatic nitrogens is 4. The molecule has 38 heavy (non-hydrogen) atoms. The van der Waals surface area contributed by atoms with E-state index in [0.29, 0.717) is 25.4 Å². The monoisotopic (exact) mass is 512 g/mol. The summed E-state index contributed by atoms with van der Waals surface area (Å²) in [4.78, 5) is 27.3. The Labute approximate surface area is 222 Å². The van der Waals surface area contributed by atoms with Crippen LogP contribution in [-0.2, 0) is 9.53 Å². The quantitative estimate of drug-likeness (QED) is 0.388. The van der Waals surface area contributed by atoms with Gasteiger partial charge in [0.05, 0.1) is 17.3 Å². The van der Waals surface area contributed by atoms with E-state index in [-0.39, 0.29) is 18.4 Å². The molecule has 0 atom stereocenters. The first-order valence-electron chi connectivity index (χ1n) is 13.4. The van der Waals surface area contributed by atoms with Crippen LogP contribution >= 0.6 is 0 Å². The molecule has 0 unspecified atom stereocenters. The van der Waals surface area contributed by atoms with E-state index < -0.39 is 0 Å². The number of rotatable bonds is 6. The van der Waals surface area contributed by atoms with Gasteiger partial charge in [0.2, 0.25) is 0 Å². The molecule has 2 aromatic heterocycles. The summed E-state index contributed by atoms with van der Waals surface area (Å²) >= 11 is 0. The summed E-state index contributed by atoms with van der Waals surface area (Å²) in [5.41, 5.74) is 1.78. The van der Waals surface area contributed by atoms with E-state index >= 15 is 0 Å². The number of fused-ring (bicyclic) bond motifs is 1.